The Morgan fingerprint density at radius 2 is 0.804 bits per heavy atom. The summed E-state index contributed by atoms with van der Waals surface area (Å²) < 4.78 is 13.4. The van der Waals surface area contributed by atoms with E-state index >= 15 is 0 Å². The van der Waals surface area contributed by atoms with Crippen LogP contribution in [0.1, 0.15) is 0 Å². The SMILES string of the molecule is c1ccc(-c2ccc(N(c3ccc(-c4ccccc4)cc3)c3ccc(-c4ccccc4)c4c3oc3ccc5oc6ccccc6c5c34)cc2)cc1. The molecule has 0 unspecified atom stereocenters. The third kappa shape index (κ3) is 4.90. The molecule has 3 heteroatoms. The molecule has 0 aliphatic rings. The topological polar surface area (TPSA) is 29.5 Å². The van der Waals surface area contributed by atoms with E-state index in [0.717, 1.165) is 72.1 Å². The fourth-order valence-corrected chi connectivity index (χ4v) is 7.49. The second kappa shape index (κ2) is 11.9. The number of nitrogens with zero attached hydrogens (tertiary/aromatic N) is 1. The summed E-state index contributed by atoms with van der Waals surface area (Å²) in [5.74, 6) is 0. The van der Waals surface area contributed by atoms with E-state index in [1.165, 1.54) is 22.3 Å². The van der Waals surface area contributed by atoms with Crippen LogP contribution in [-0.4, -0.2) is 0 Å². The molecule has 0 atom stereocenters. The van der Waals surface area contributed by atoms with Crippen molar-refractivity contribution in [1.29, 1.82) is 0 Å². The number of para-hydroxylation sites is 1. The van der Waals surface area contributed by atoms with Crippen LogP contribution in [-0.2, 0) is 0 Å². The monoisotopic (exact) mass is 653 g/mol. The molecule has 0 saturated heterocycles. The van der Waals surface area contributed by atoms with Gasteiger partial charge in [0.1, 0.15) is 16.7 Å². The normalized spacial score (nSPS) is 11.5. The van der Waals surface area contributed by atoms with Gasteiger partial charge in [-0.2, -0.15) is 0 Å². The number of anilines is 3. The van der Waals surface area contributed by atoms with Crippen molar-refractivity contribution in [2.75, 3.05) is 4.90 Å². The predicted molar refractivity (Wildman–Crippen MR) is 212 cm³/mol. The Balaban J connectivity index is 1.25. The van der Waals surface area contributed by atoms with Crippen LogP contribution in [0.2, 0.25) is 0 Å². The van der Waals surface area contributed by atoms with Gasteiger partial charge in [0.15, 0.2) is 5.58 Å². The highest BCUT2D eigenvalue weighted by molar-refractivity contribution is 6.29. The Bertz CT molecular complexity index is 2730. The van der Waals surface area contributed by atoms with E-state index in [0.29, 0.717) is 0 Å². The minimum absolute atomic E-state index is 0.823. The molecule has 0 aliphatic heterocycles. The summed E-state index contributed by atoms with van der Waals surface area (Å²) in [6.07, 6.45) is 0. The second-order valence-electron chi connectivity index (χ2n) is 12.9. The minimum atomic E-state index is 0.823. The zero-order chi connectivity index (χ0) is 33.7. The summed E-state index contributed by atoms with van der Waals surface area (Å²) >= 11 is 0. The first-order chi connectivity index (χ1) is 25.3. The Morgan fingerprint density at radius 3 is 1.39 bits per heavy atom. The fourth-order valence-electron chi connectivity index (χ4n) is 7.49. The van der Waals surface area contributed by atoms with Gasteiger partial charge in [0.25, 0.3) is 0 Å². The van der Waals surface area contributed by atoms with Crippen molar-refractivity contribution in [2.24, 2.45) is 0 Å². The highest BCUT2D eigenvalue weighted by Gasteiger charge is 2.25. The quantitative estimate of drug-likeness (QED) is 0.179. The van der Waals surface area contributed by atoms with Crippen LogP contribution in [0, 0.1) is 0 Å². The Kier molecular flexibility index (Phi) is 6.81. The van der Waals surface area contributed by atoms with E-state index in [-0.39, 0.29) is 0 Å². The number of furan rings is 2. The summed E-state index contributed by atoms with van der Waals surface area (Å²) in [5.41, 5.74) is 13.4. The fraction of sp³-hybridized carbons (Fsp3) is 0. The molecule has 3 nitrogen and oxygen atoms in total. The minimum Gasteiger partial charge on any atom is -0.456 e. The van der Waals surface area contributed by atoms with Gasteiger partial charge in [-0.3, -0.25) is 0 Å². The third-order valence-electron chi connectivity index (χ3n) is 9.90. The maximum absolute atomic E-state index is 7.00. The number of benzene rings is 8. The molecule has 0 spiro atoms. The van der Waals surface area contributed by atoms with Crippen molar-refractivity contribution >= 4 is 60.9 Å². The Morgan fingerprint density at radius 1 is 0.314 bits per heavy atom. The molecule has 0 N–H and O–H groups in total. The first-order valence-corrected chi connectivity index (χ1v) is 17.3. The molecule has 10 aromatic rings. The van der Waals surface area contributed by atoms with Crippen molar-refractivity contribution in [3.05, 3.63) is 188 Å². The number of hydrogen-bond donors (Lipinski definition) is 0. The van der Waals surface area contributed by atoms with Crippen molar-refractivity contribution in [1.82, 2.24) is 0 Å². The van der Waals surface area contributed by atoms with Crippen LogP contribution < -0.4 is 4.90 Å². The van der Waals surface area contributed by atoms with E-state index in [4.69, 9.17) is 8.83 Å². The van der Waals surface area contributed by atoms with Gasteiger partial charge in [-0.25, -0.2) is 0 Å². The van der Waals surface area contributed by atoms with Gasteiger partial charge in [0.05, 0.1) is 5.69 Å². The van der Waals surface area contributed by atoms with Gasteiger partial charge in [-0.1, -0.05) is 140 Å². The smallest absolute Gasteiger partial charge is 0.160 e. The van der Waals surface area contributed by atoms with Crippen LogP contribution in [0.25, 0.3) is 77.3 Å². The molecule has 0 fully saturated rings. The number of rotatable bonds is 6. The molecule has 0 radical (unpaired) electrons. The van der Waals surface area contributed by atoms with Gasteiger partial charge in [0.2, 0.25) is 0 Å². The highest BCUT2D eigenvalue weighted by Crippen LogP contribution is 2.49. The molecular weight excluding hydrogens is 623 g/mol. The Hall–Kier alpha value is -6.84. The lowest BCUT2D eigenvalue weighted by molar-refractivity contribution is 0.663. The Labute approximate surface area is 295 Å². The van der Waals surface area contributed by atoms with E-state index in [9.17, 15) is 0 Å². The van der Waals surface area contributed by atoms with E-state index in [1.807, 2.05) is 24.3 Å². The summed E-state index contributed by atoms with van der Waals surface area (Å²) in [7, 11) is 0. The molecule has 0 amide bonds. The third-order valence-corrected chi connectivity index (χ3v) is 9.90. The summed E-state index contributed by atoms with van der Waals surface area (Å²) in [4.78, 5) is 2.31. The summed E-state index contributed by atoms with van der Waals surface area (Å²) in [5, 5.41) is 4.28. The molecule has 10 rings (SSSR count). The van der Waals surface area contributed by atoms with Crippen LogP contribution in [0.5, 0.6) is 0 Å². The second-order valence-corrected chi connectivity index (χ2v) is 12.9. The van der Waals surface area contributed by atoms with E-state index < -0.39 is 0 Å². The maximum Gasteiger partial charge on any atom is 0.160 e. The van der Waals surface area contributed by atoms with Crippen LogP contribution in [0.3, 0.4) is 0 Å². The molecule has 0 saturated carbocycles. The number of hydrogen-bond acceptors (Lipinski definition) is 3. The molecule has 0 aliphatic carbocycles. The lowest BCUT2D eigenvalue weighted by atomic mass is 9.96. The molecule has 0 bridgehead atoms. The van der Waals surface area contributed by atoms with Gasteiger partial charge in [-0.05, 0) is 81.9 Å². The first kappa shape index (κ1) is 29.1. The predicted octanol–water partition coefficient (Wildman–Crippen LogP) is 14.0. The first-order valence-electron chi connectivity index (χ1n) is 17.3. The van der Waals surface area contributed by atoms with E-state index in [2.05, 4.69) is 169 Å². The average molecular weight is 654 g/mol. The van der Waals surface area contributed by atoms with Crippen molar-refractivity contribution in [3.63, 3.8) is 0 Å². The molecule has 2 heterocycles. The average Bonchev–Trinajstić information content (AvgIpc) is 3.79. The lowest BCUT2D eigenvalue weighted by Gasteiger charge is -2.26. The van der Waals surface area contributed by atoms with Crippen molar-refractivity contribution in [2.45, 2.75) is 0 Å². The van der Waals surface area contributed by atoms with Gasteiger partial charge >= 0.3 is 0 Å². The molecule has 240 valence electrons. The van der Waals surface area contributed by atoms with Crippen molar-refractivity contribution in [3.8, 4) is 33.4 Å². The molecule has 51 heavy (non-hydrogen) atoms. The molecular formula is C48H31NO2. The van der Waals surface area contributed by atoms with Gasteiger partial charge in [0, 0.05) is 32.9 Å². The van der Waals surface area contributed by atoms with Crippen LogP contribution in [0.15, 0.2) is 197 Å². The van der Waals surface area contributed by atoms with Crippen LogP contribution in [0.4, 0.5) is 17.1 Å². The largest absolute Gasteiger partial charge is 0.456 e. The standard InChI is InChI=1S/C48H31NO2/c1-4-12-32(13-5-1)34-20-24-37(25-21-34)49(38-26-22-35(23-27-38)33-14-6-2-7-15-33)41-29-28-39(36-16-8-3-9-17-36)46-47-44(51-48(41)46)31-30-43-45(47)40-18-10-11-19-42(40)50-43/h1-31H. The van der Waals surface area contributed by atoms with Gasteiger partial charge in [-0.15, -0.1) is 0 Å². The number of fused-ring (bicyclic) bond motifs is 7. The van der Waals surface area contributed by atoms with E-state index in [1.54, 1.807) is 0 Å². The van der Waals surface area contributed by atoms with Crippen LogP contribution >= 0.6 is 0 Å². The highest BCUT2D eigenvalue weighted by atomic mass is 16.3. The lowest BCUT2D eigenvalue weighted by Crippen LogP contribution is -2.10. The van der Waals surface area contributed by atoms with Gasteiger partial charge < -0.3 is 13.7 Å². The zero-order valence-corrected chi connectivity index (χ0v) is 27.7. The molecule has 2 aromatic heterocycles. The van der Waals surface area contributed by atoms with Crippen molar-refractivity contribution < 1.29 is 8.83 Å². The zero-order valence-electron chi connectivity index (χ0n) is 27.7. The summed E-state index contributed by atoms with van der Waals surface area (Å²) in [6.45, 7) is 0. The summed E-state index contributed by atoms with van der Waals surface area (Å²) in [6, 6.07) is 66.0. The maximum atomic E-state index is 7.00. The molecule has 8 aromatic carbocycles.